The maximum Gasteiger partial charge on any atom is 0.214 e. The highest BCUT2D eigenvalue weighted by atomic mass is 32.2. The average Bonchev–Trinajstić information content (AvgIpc) is 3.07. The number of hydrogen-bond donors (Lipinski definition) is 1. The van der Waals surface area contributed by atoms with Crippen LogP contribution in [0, 0.1) is 0 Å². The van der Waals surface area contributed by atoms with Crippen LogP contribution in [0.4, 0.5) is 0 Å². The first kappa shape index (κ1) is 12.3. The molecule has 0 aliphatic carbocycles. The molecule has 2 fully saturated rings. The van der Waals surface area contributed by atoms with Crippen LogP contribution in [0.25, 0.3) is 5.69 Å². The molecule has 0 amide bonds. The molecule has 6 heteroatoms. The first-order chi connectivity index (χ1) is 9.88. The Labute approximate surface area is 122 Å². The molecule has 4 rings (SSSR count). The second kappa shape index (κ2) is 5.18. The monoisotopic (exact) mass is 287 g/mol. The Morgan fingerprint density at radius 1 is 1.10 bits per heavy atom. The van der Waals surface area contributed by atoms with Crippen molar-refractivity contribution in [2.75, 3.05) is 0 Å². The molecule has 1 aromatic heterocycles. The van der Waals surface area contributed by atoms with Crippen LogP contribution in [0.2, 0.25) is 0 Å². The molecule has 2 aromatic rings. The van der Waals surface area contributed by atoms with E-state index in [9.17, 15) is 0 Å². The van der Waals surface area contributed by atoms with E-state index in [0.29, 0.717) is 17.3 Å². The van der Waals surface area contributed by atoms with Gasteiger partial charge in [0.05, 0.1) is 5.69 Å². The number of fused-ring (bicyclic) bond motifs is 2. The van der Waals surface area contributed by atoms with Crippen molar-refractivity contribution >= 4 is 11.8 Å². The van der Waals surface area contributed by atoms with Crippen LogP contribution in [0.5, 0.6) is 0 Å². The van der Waals surface area contributed by atoms with Gasteiger partial charge in [0, 0.05) is 17.3 Å². The van der Waals surface area contributed by atoms with Crippen molar-refractivity contribution in [3.63, 3.8) is 0 Å². The fourth-order valence-electron chi connectivity index (χ4n) is 3.23. The van der Waals surface area contributed by atoms with Crippen LogP contribution in [-0.2, 0) is 0 Å². The summed E-state index contributed by atoms with van der Waals surface area (Å²) in [4.78, 5) is 0. The molecule has 0 saturated carbocycles. The minimum atomic E-state index is 0.627. The van der Waals surface area contributed by atoms with Gasteiger partial charge in [0.25, 0.3) is 0 Å². The molecule has 1 aromatic carbocycles. The molecule has 2 bridgehead atoms. The number of aromatic nitrogens is 4. The topological polar surface area (TPSA) is 55.6 Å². The Kier molecular flexibility index (Phi) is 3.20. The zero-order chi connectivity index (χ0) is 13.4. The second-order valence-corrected chi connectivity index (χ2v) is 6.83. The number of tetrazole rings is 1. The molecule has 0 radical (unpaired) electrons. The molecule has 1 unspecified atom stereocenters. The quantitative estimate of drug-likeness (QED) is 0.936. The van der Waals surface area contributed by atoms with Gasteiger partial charge in [0.15, 0.2) is 0 Å². The molecule has 104 valence electrons. The van der Waals surface area contributed by atoms with Crippen LogP contribution in [0.1, 0.15) is 25.7 Å². The van der Waals surface area contributed by atoms with Crippen molar-refractivity contribution < 1.29 is 0 Å². The standard InChI is InChI=1S/C14H17N5S/c1-2-4-12(5-3-1)19-14(16-17-18-19)20-13-8-10-6-7-11(9-13)15-10/h1-5,10-11,13,15H,6-9H2/t10-,11+,13?. The summed E-state index contributed by atoms with van der Waals surface area (Å²) >= 11 is 1.83. The van der Waals surface area contributed by atoms with Gasteiger partial charge in [-0.3, -0.25) is 0 Å². The highest BCUT2D eigenvalue weighted by molar-refractivity contribution is 7.99. The van der Waals surface area contributed by atoms with E-state index in [1.165, 1.54) is 25.7 Å². The molecule has 5 nitrogen and oxygen atoms in total. The third-order valence-corrected chi connectivity index (χ3v) is 5.33. The SMILES string of the molecule is c1ccc(-n2nnnc2SC2C[C@H]3CC[C@@H](C2)N3)cc1. The molecular formula is C14H17N5S. The number of piperidine rings is 1. The van der Waals surface area contributed by atoms with Crippen molar-refractivity contribution in [2.24, 2.45) is 0 Å². The number of nitrogens with zero attached hydrogens (tertiary/aromatic N) is 4. The summed E-state index contributed by atoms with van der Waals surface area (Å²) < 4.78 is 1.84. The Morgan fingerprint density at radius 3 is 2.60 bits per heavy atom. The largest absolute Gasteiger partial charge is 0.311 e. The molecule has 1 N–H and O–H groups in total. The summed E-state index contributed by atoms with van der Waals surface area (Å²) in [6.07, 6.45) is 5.10. The predicted molar refractivity (Wildman–Crippen MR) is 78.0 cm³/mol. The summed E-state index contributed by atoms with van der Waals surface area (Å²) in [5, 5.41) is 17.4. The third kappa shape index (κ3) is 2.33. The smallest absolute Gasteiger partial charge is 0.214 e. The Balaban J connectivity index is 1.54. The van der Waals surface area contributed by atoms with Gasteiger partial charge in [0.1, 0.15) is 0 Å². The predicted octanol–water partition coefficient (Wildman–Crippen LogP) is 2.04. The number of benzene rings is 1. The maximum atomic E-state index is 4.20. The second-order valence-electron chi connectivity index (χ2n) is 5.56. The van der Waals surface area contributed by atoms with Crippen molar-refractivity contribution in [2.45, 2.75) is 48.2 Å². The lowest BCUT2D eigenvalue weighted by atomic mass is 10.1. The Hall–Kier alpha value is -1.40. The van der Waals surface area contributed by atoms with Crippen LogP contribution in [0.15, 0.2) is 35.5 Å². The van der Waals surface area contributed by atoms with E-state index in [1.807, 2.05) is 46.8 Å². The van der Waals surface area contributed by atoms with E-state index in [2.05, 4.69) is 20.8 Å². The number of hydrogen-bond acceptors (Lipinski definition) is 5. The van der Waals surface area contributed by atoms with Crippen LogP contribution in [0.3, 0.4) is 0 Å². The van der Waals surface area contributed by atoms with Crippen molar-refractivity contribution in [1.29, 1.82) is 0 Å². The molecule has 2 aliphatic rings. The van der Waals surface area contributed by atoms with E-state index >= 15 is 0 Å². The van der Waals surface area contributed by atoms with Gasteiger partial charge < -0.3 is 5.32 Å². The summed E-state index contributed by atoms with van der Waals surface area (Å²) in [7, 11) is 0. The van der Waals surface area contributed by atoms with Gasteiger partial charge in [0.2, 0.25) is 5.16 Å². The fraction of sp³-hybridized carbons (Fsp3) is 0.500. The molecular weight excluding hydrogens is 270 g/mol. The molecule has 3 heterocycles. The van der Waals surface area contributed by atoms with Crippen molar-refractivity contribution in [3.05, 3.63) is 30.3 Å². The van der Waals surface area contributed by atoms with Gasteiger partial charge in [-0.15, -0.1) is 5.10 Å². The normalized spacial score (nSPS) is 28.7. The van der Waals surface area contributed by atoms with E-state index in [-0.39, 0.29) is 0 Å². The first-order valence-electron chi connectivity index (χ1n) is 7.15. The van der Waals surface area contributed by atoms with Crippen molar-refractivity contribution in [3.8, 4) is 5.69 Å². The summed E-state index contributed by atoms with van der Waals surface area (Å²) in [6.45, 7) is 0. The van der Waals surface area contributed by atoms with E-state index in [4.69, 9.17) is 0 Å². The lowest BCUT2D eigenvalue weighted by molar-refractivity contribution is 0.414. The average molecular weight is 287 g/mol. The van der Waals surface area contributed by atoms with Gasteiger partial charge in [-0.05, 0) is 48.2 Å². The summed E-state index contributed by atoms with van der Waals surface area (Å²) in [6, 6.07) is 11.5. The Bertz CT molecular complexity index is 572. The highest BCUT2D eigenvalue weighted by Crippen LogP contribution is 2.36. The molecule has 0 spiro atoms. The maximum absolute atomic E-state index is 4.20. The number of para-hydroxylation sites is 1. The molecule has 2 aliphatic heterocycles. The van der Waals surface area contributed by atoms with Gasteiger partial charge in [-0.1, -0.05) is 30.0 Å². The van der Waals surface area contributed by atoms with Gasteiger partial charge in [-0.2, -0.15) is 4.68 Å². The van der Waals surface area contributed by atoms with E-state index in [0.717, 1.165) is 10.8 Å². The van der Waals surface area contributed by atoms with Gasteiger partial charge in [-0.25, -0.2) is 0 Å². The van der Waals surface area contributed by atoms with Gasteiger partial charge >= 0.3 is 0 Å². The zero-order valence-electron chi connectivity index (χ0n) is 11.1. The van der Waals surface area contributed by atoms with E-state index < -0.39 is 0 Å². The Morgan fingerprint density at radius 2 is 1.85 bits per heavy atom. The molecule has 3 atom stereocenters. The number of rotatable bonds is 3. The van der Waals surface area contributed by atoms with Crippen LogP contribution < -0.4 is 5.32 Å². The zero-order valence-corrected chi connectivity index (χ0v) is 12.0. The third-order valence-electron chi connectivity index (χ3n) is 4.14. The minimum absolute atomic E-state index is 0.627. The molecule has 2 saturated heterocycles. The lowest BCUT2D eigenvalue weighted by Crippen LogP contribution is -2.39. The van der Waals surface area contributed by atoms with Crippen LogP contribution >= 0.6 is 11.8 Å². The first-order valence-corrected chi connectivity index (χ1v) is 8.03. The molecule has 20 heavy (non-hydrogen) atoms. The minimum Gasteiger partial charge on any atom is -0.311 e. The fourth-order valence-corrected chi connectivity index (χ4v) is 4.51. The highest BCUT2D eigenvalue weighted by Gasteiger charge is 2.34. The van der Waals surface area contributed by atoms with Crippen molar-refractivity contribution in [1.82, 2.24) is 25.5 Å². The van der Waals surface area contributed by atoms with E-state index in [1.54, 1.807) is 0 Å². The number of thioether (sulfide) groups is 1. The van der Waals surface area contributed by atoms with Crippen LogP contribution in [-0.4, -0.2) is 37.5 Å². The summed E-state index contributed by atoms with van der Waals surface area (Å²) in [5.74, 6) is 0. The summed E-state index contributed by atoms with van der Waals surface area (Å²) in [5.41, 5.74) is 1.02. The lowest BCUT2D eigenvalue weighted by Gasteiger charge is -2.27. The number of nitrogens with one attached hydrogen (secondary N) is 1.